The second-order valence-electron chi connectivity index (χ2n) is 5.83. The van der Waals surface area contributed by atoms with Gasteiger partial charge in [0.15, 0.2) is 0 Å². The van der Waals surface area contributed by atoms with Gasteiger partial charge in [0.1, 0.15) is 0 Å². The molecular weight excluding hydrogens is 272 g/mol. The van der Waals surface area contributed by atoms with Crippen LogP contribution in [-0.2, 0) is 15.8 Å². The second-order valence-corrected chi connectivity index (χ2v) is 7.64. The molecule has 2 rings (SSSR count). The molecule has 1 atom stereocenters. The molecule has 0 radical (unpaired) electrons. The molecule has 0 spiro atoms. The van der Waals surface area contributed by atoms with Crippen molar-refractivity contribution in [1.29, 1.82) is 0 Å². The van der Waals surface area contributed by atoms with E-state index in [2.05, 4.69) is 17.0 Å². The fourth-order valence-electron chi connectivity index (χ4n) is 2.72. The maximum atomic E-state index is 11.9. The largest absolute Gasteiger partial charge is 0.312 e. The summed E-state index contributed by atoms with van der Waals surface area (Å²) in [6.07, 6.45) is 4.29. The molecule has 0 amide bonds. The van der Waals surface area contributed by atoms with Crippen LogP contribution in [-0.4, -0.2) is 27.0 Å². The summed E-state index contributed by atoms with van der Waals surface area (Å²) < 4.78 is 26.6. The van der Waals surface area contributed by atoms with Gasteiger partial charge < -0.3 is 5.32 Å². The molecule has 1 heterocycles. The molecule has 1 fully saturated rings. The van der Waals surface area contributed by atoms with Gasteiger partial charge in [-0.2, -0.15) is 0 Å². The van der Waals surface area contributed by atoms with E-state index in [1.54, 1.807) is 0 Å². The normalized spacial score (nSPS) is 23.1. The minimum atomic E-state index is -3.22. The Balaban J connectivity index is 1.73. The average Bonchev–Trinajstić information content (AvgIpc) is 2.83. The predicted octanol–water partition coefficient (Wildman–Crippen LogP) is 2.03. The van der Waals surface area contributed by atoms with Crippen molar-refractivity contribution in [2.75, 3.05) is 13.1 Å². The third-order valence-corrected chi connectivity index (χ3v) is 5.24. The average molecular weight is 296 g/mol. The smallest absolute Gasteiger partial charge is 0.215 e. The van der Waals surface area contributed by atoms with Crippen molar-refractivity contribution in [3.8, 4) is 0 Å². The van der Waals surface area contributed by atoms with E-state index in [-0.39, 0.29) is 11.3 Å². The van der Waals surface area contributed by atoms with Crippen LogP contribution in [0.15, 0.2) is 30.3 Å². The number of rotatable bonds is 7. The number of benzene rings is 1. The van der Waals surface area contributed by atoms with E-state index >= 15 is 0 Å². The van der Waals surface area contributed by atoms with Gasteiger partial charge in [-0.25, -0.2) is 13.1 Å². The topological polar surface area (TPSA) is 58.2 Å². The van der Waals surface area contributed by atoms with Crippen molar-refractivity contribution in [3.05, 3.63) is 35.9 Å². The molecular formula is C15H24N2O2S. The van der Waals surface area contributed by atoms with E-state index in [4.69, 9.17) is 0 Å². The van der Waals surface area contributed by atoms with Gasteiger partial charge in [0.05, 0.1) is 5.75 Å². The molecule has 0 aliphatic carbocycles. The monoisotopic (exact) mass is 296 g/mol. The maximum absolute atomic E-state index is 11.9. The third kappa shape index (κ3) is 4.89. The summed E-state index contributed by atoms with van der Waals surface area (Å²) in [5.41, 5.74) is 1.02. The van der Waals surface area contributed by atoms with Gasteiger partial charge in [0, 0.05) is 12.1 Å². The predicted molar refractivity (Wildman–Crippen MR) is 81.9 cm³/mol. The Labute approximate surface area is 122 Å². The lowest BCUT2D eigenvalue weighted by Gasteiger charge is -2.24. The molecule has 5 heteroatoms. The summed E-state index contributed by atoms with van der Waals surface area (Å²) in [6.45, 7) is 3.82. The third-order valence-electron chi connectivity index (χ3n) is 3.88. The van der Waals surface area contributed by atoms with Crippen LogP contribution in [0.5, 0.6) is 0 Å². The Hall–Kier alpha value is -0.910. The Bertz CT molecular complexity index is 508. The van der Waals surface area contributed by atoms with E-state index < -0.39 is 10.0 Å². The summed E-state index contributed by atoms with van der Waals surface area (Å²) in [5, 5.41) is 3.49. The van der Waals surface area contributed by atoms with Crippen molar-refractivity contribution in [2.24, 2.45) is 0 Å². The molecule has 1 saturated heterocycles. The van der Waals surface area contributed by atoms with Crippen LogP contribution in [0.3, 0.4) is 0 Å². The molecule has 1 aliphatic heterocycles. The highest BCUT2D eigenvalue weighted by Gasteiger charge is 2.27. The summed E-state index contributed by atoms with van der Waals surface area (Å²) >= 11 is 0. The first kappa shape index (κ1) is 15.5. The molecule has 1 aromatic rings. The molecule has 0 unspecified atom stereocenters. The summed E-state index contributed by atoms with van der Waals surface area (Å²) in [7, 11) is -3.22. The van der Waals surface area contributed by atoms with Crippen LogP contribution in [0.4, 0.5) is 0 Å². The molecule has 1 aromatic carbocycles. The first-order chi connectivity index (χ1) is 9.49. The standard InChI is InChI=1S/C15H24N2O2S/c1-15(9-5-11-16-15)10-6-12-17-20(18,19)13-14-7-3-2-4-8-14/h2-4,7-8,16-17H,5-6,9-13H2,1H3/t15-/m0/s1. The van der Waals surface area contributed by atoms with Gasteiger partial charge >= 0.3 is 0 Å². The zero-order valence-corrected chi connectivity index (χ0v) is 12.9. The van der Waals surface area contributed by atoms with Crippen molar-refractivity contribution in [3.63, 3.8) is 0 Å². The first-order valence-electron chi connectivity index (χ1n) is 7.25. The van der Waals surface area contributed by atoms with Gasteiger partial charge in [0.2, 0.25) is 10.0 Å². The molecule has 20 heavy (non-hydrogen) atoms. The fourth-order valence-corrected chi connectivity index (χ4v) is 3.91. The van der Waals surface area contributed by atoms with E-state index in [0.29, 0.717) is 6.54 Å². The molecule has 112 valence electrons. The van der Waals surface area contributed by atoms with Crippen molar-refractivity contribution in [1.82, 2.24) is 10.0 Å². The van der Waals surface area contributed by atoms with Crippen LogP contribution in [0, 0.1) is 0 Å². The lowest BCUT2D eigenvalue weighted by atomic mass is 9.94. The molecule has 0 saturated carbocycles. The highest BCUT2D eigenvalue weighted by atomic mass is 32.2. The molecule has 2 N–H and O–H groups in total. The Morgan fingerprint density at radius 3 is 2.70 bits per heavy atom. The quantitative estimate of drug-likeness (QED) is 0.757. The summed E-state index contributed by atoms with van der Waals surface area (Å²) in [5.74, 6) is 0.0589. The first-order valence-corrected chi connectivity index (χ1v) is 8.91. The number of sulfonamides is 1. The SMILES string of the molecule is C[C@@]1(CCCNS(=O)(=O)Cc2ccccc2)CCCN1. The highest BCUT2D eigenvalue weighted by Crippen LogP contribution is 2.23. The molecule has 4 nitrogen and oxygen atoms in total. The fraction of sp³-hybridized carbons (Fsp3) is 0.600. The highest BCUT2D eigenvalue weighted by molar-refractivity contribution is 7.88. The minimum absolute atomic E-state index is 0.0589. The molecule has 0 aromatic heterocycles. The van der Waals surface area contributed by atoms with Crippen molar-refractivity contribution in [2.45, 2.75) is 43.9 Å². The number of hydrogen-bond donors (Lipinski definition) is 2. The van der Waals surface area contributed by atoms with Gasteiger partial charge in [0.25, 0.3) is 0 Å². The summed E-state index contributed by atoms with van der Waals surface area (Å²) in [4.78, 5) is 0. The van der Waals surface area contributed by atoms with Gasteiger partial charge in [-0.3, -0.25) is 0 Å². The number of hydrogen-bond acceptors (Lipinski definition) is 3. The summed E-state index contributed by atoms with van der Waals surface area (Å²) in [6, 6.07) is 9.28. The maximum Gasteiger partial charge on any atom is 0.215 e. The Kier molecular flexibility index (Phi) is 5.18. The lowest BCUT2D eigenvalue weighted by Crippen LogP contribution is -2.37. The second kappa shape index (κ2) is 6.70. The van der Waals surface area contributed by atoms with E-state index in [0.717, 1.165) is 24.9 Å². The minimum Gasteiger partial charge on any atom is -0.312 e. The zero-order valence-electron chi connectivity index (χ0n) is 12.1. The van der Waals surface area contributed by atoms with Crippen LogP contribution in [0.2, 0.25) is 0 Å². The van der Waals surface area contributed by atoms with E-state index in [1.807, 2.05) is 30.3 Å². The lowest BCUT2D eigenvalue weighted by molar-refractivity contribution is 0.373. The van der Waals surface area contributed by atoms with Gasteiger partial charge in [-0.1, -0.05) is 30.3 Å². The van der Waals surface area contributed by atoms with Crippen molar-refractivity contribution < 1.29 is 8.42 Å². The zero-order chi connectivity index (χ0) is 14.5. The number of nitrogens with one attached hydrogen (secondary N) is 2. The Morgan fingerprint density at radius 2 is 2.05 bits per heavy atom. The van der Waals surface area contributed by atoms with Crippen LogP contribution < -0.4 is 10.0 Å². The molecule has 0 bridgehead atoms. The Morgan fingerprint density at radius 1 is 1.30 bits per heavy atom. The van der Waals surface area contributed by atoms with Crippen molar-refractivity contribution >= 4 is 10.0 Å². The van der Waals surface area contributed by atoms with E-state index in [9.17, 15) is 8.42 Å². The van der Waals surface area contributed by atoms with Crippen LogP contribution in [0.1, 0.15) is 38.2 Å². The van der Waals surface area contributed by atoms with Crippen LogP contribution in [0.25, 0.3) is 0 Å². The van der Waals surface area contributed by atoms with E-state index in [1.165, 1.54) is 12.8 Å². The van der Waals surface area contributed by atoms with Gasteiger partial charge in [-0.05, 0) is 44.7 Å². The van der Waals surface area contributed by atoms with Crippen LogP contribution >= 0.6 is 0 Å². The van der Waals surface area contributed by atoms with Gasteiger partial charge in [-0.15, -0.1) is 0 Å². The molecule has 1 aliphatic rings.